The summed E-state index contributed by atoms with van der Waals surface area (Å²) in [5.74, 6) is 0.780. The van der Waals surface area contributed by atoms with E-state index in [0.29, 0.717) is 0 Å². The molecule has 168 valence electrons. The van der Waals surface area contributed by atoms with E-state index in [-0.39, 0.29) is 0 Å². The second-order valence-electron chi connectivity index (χ2n) is 8.39. The highest BCUT2D eigenvalue weighted by Crippen LogP contribution is 2.27. The molecule has 3 heterocycles. The van der Waals surface area contributed by atoms with Gasteiger partial charge in [0.05, 0.1) is 11.2 Å². The predicted octanol–water partition coefficient (Wildman–Crippen LogP) is 3.41. The van der Waals surface area contributed by atoms with Gasteiger partial charge < -0.3 is 20.4 Å². The number of likely N-dealkylation sites (N-methyl/N-ethyl adjacent to an activating group) is 2. The lowest BCUT2D eigenvalue weighted by molar-refractivity contribution is 0.414. The second-order valence-corrected chi connectivity index (χ2v) is 8.39. The molecule has 0 amide bonds. The number of nitrogens with one attached hydrogen (secondary N) is 2. The van der Waals surface area contributed by atoms with Gasteiger partial charge in [0.25, 0.3) is 0 Å². The molecule has 3 aromatic rings. The Balaban J connectivity index is 1.58. The van der Waals surface area contributed by atoms with Crippen LogP contribution in [0.25, 0.3) is 22.3 Å². The first-order chi connectivity index (χ1) is 15.6. The average molecular weight is 432 g/mol. The van der Waals surface area contributed by atoms with Gasteiger partial charge in [-0.25, -0.2) is 9.97 Å². The van der Waals surface area contributed by atoms with Crippen molar-refractivity contribution in [3.63, 3.8) is 0 Å². The summed E-state index contributed by atoms with van der Waals surface area (Å²) in [6.45, 7) is 7.93. The van der Waals surface area contributed by atoms with Crippen molar-refractivity contribution in [3.05, 3.63) is 54.4 Å². The van der Waals surface area contributed by atoms with E-state index in [2.05, 4.69) is 81.8 Å². The van der Waals surface area contributed by atoms with Crippen molar-refractivity contribution < 1.29 is 0 Å². The van der Waals surface area contributed by atoms with E-state index >= 15 is 0 Å². The van der Waals surface area contributed by atoms with Gasteiger partial charge in [0.15, 0.2) is 5.82 Å². The molecule has 2 aromatic heterocycles. The van der Waals surface area contributed by atoms with Gasteiger partial charge in [-0.2, -0.15) is 0 Å². The maximum absolute atomic E-state index is 4.93. The lowest BCUT2D eigenvalue weighted by atomic mass is 10.1. The fraction of sp³-hybridized carbons (Fsp3) is 0.400. The molecule has 0 bridgehead atoms. The van der Waals surface area contributed by atoms with Crippen LogP contribution in [0.4, 0.5) is 11.5 Å². The molecule has 0 aliphatic carbocycles. The third-order valence-corrected chi connectivity index (χ3v) is 5.77. The van der Waals surface area contributed by atoms with E-state index in [1.54, 1.807) is 12.4 Å². The van der Waals surface area contributed by atoms with Gasteiger partial charge in [0.2, 0.25) is 0 Å². The van der Waals surface area contributed by atoms with Crippen LogP contribution in [0, 0.1) is 0 Å². The first kappa shape index (κ1) is 22.2. The Morgan fingerprint density at radius 3 is 2.59 bits per heavy atom. The summed E-state index contributed by atoms with van der Waals surface area (Å²) in [6, 6.07) is 10.7. The highest BCUT2D eigenvalue weighted by Gasteiger charge is 2.12. The monoisotopic (exact) mass is 431 g/mol. The van der Waals surface area contributed by atoms with E-state index in [0.717, 1.165) is 73.8 Å². The van der Waals surface area contributed by atoms with Crippen molar-refractivity contribution in [1.29, 1.82) is 0 Å². The van der Waals surface area contributed by atoms with Crippen molar-refractivity contribution in [2.24, 2.45) is 0 Å². The number of pyridine rings is 1. The van der Waals surface area contributed by atoms with Gasteiger partial charge >= 0.3 is 0 Å². The molecule has 0 atom stereocenters. The van der Waals surface area contributed by atoms with Crippen LogP contribution in [0.1, 0.15) is 13.3 Å². The predicted molar refractivity (Wildman–Crippen MR) is 133 cm³/mol. The van der Waals surface area contributed by atoms with E-state index in [9.17, 15) is 0 Å². The highest BCUT2D eigenvalue weighted by molar-refractivity contribution is 5.88. The summed E-state index contributed by atoms with van der Waals surface area (Å²) in [4.78, 5) is 18.6. The maximum Gasteiger partial charge on any atom is 0.155 e. The lowest BCUT2D eigenvalue weighted by Gasteiger charge is -2.25. The number of hydrogen-bond acceptors (Lipinski definition) is 7. The van der Waals surface area contributed by atoms with Gasteiger partial charge in [-0.3, -0.25) is 4.98 Å². The van der Waals surface area contributed by atoms with E-state index in [1.807, 2.05) is 6.07 Å². The molecule has 7 heteroatoms. The van der Waals surface area contributed by atoms with E-state index < -0.39 is 0 Å². The fourth-order valence-corrected chi connectivity index (χ4v) is 3.91. The number of anilines is 2. The standard InChI is InChI=1S/C25H33N7/c1-4-32(15-14-31(2)3)21-9-7-20(8-10-21)22-16-23-24(28-13-12-27-23)25(30-22)29-18-19-6-5-11-26-17-19/h6-10,12-13,16,26H,4-5,11,14-15,17-18H2,1-3H3,(H,29,30). The molecule has 0 saturated heterocycles. The van der Waals surface area contributed by atoms with Crippen LogP contribution in [0.15, 0.2) is 54.4 Å². The van der Waals surface area contributed by atoms with Gasteiger partial charge in [-0.05, 0) is 57.8 Å². The summed E-state index contributed by atoms with van der Waals surface area (Å²) in [7, 11) is 4.22. The van der Waals surface area contributed by atoms with Crippen LogP contribution in [0.5, 0.6) is 0 Å². The minimum atomic E-state index is 0.755. The fourth-order valence-electron chi connectivity index (χ4n) is 3.91. The topological polar surface area (TPSA) is 69.2 Å². The highest BCUT2D eigenvalue weighted by atomic mass is 15.2. The Bertz CT molecular complexity index is 1060. The number of hydrogen-bond donors (Lipinski definition) is 2. The van der Waals surface area contributed by atoms with E-state index in [1.165, 1.54) is 11.3 Å². The zero-order valence-electron chi connectivity index (χ0n) is 19.3. The summed E-state index contributed by atoms with van der Waals surface area (Å²) in [6.07, 6.45) is 6.82. The molecular formula is C25H33N7. The molecule has 0 spiro atoms. The van der Waals surface area contributed by atoms with Crippen LogP contribution in [0.3, 0.4) is 0 Å². The van der Waals surface area contributed by atoms with Gasteiger partial charge in [-0.1, -0.05) is 18.2 Å². The molecule has 0 saturated carbocycles. The van der Waals surface area contributed by atoms with Crippen LogP contribution < -0.4 is 15.5 Å². The Morgan fingerprint density at radius 1 is 1.06 bits per heavy atom. The Labute approximate surface area is 190 Å². The van der Waals surface area contributed by atoms with Crippen molar-refractivity contribution in [2.45, 2.75) is 13.3 Å². The number of rotatable bonds is 9. The smallest absolute Gasteiger partial charge is 0.155 e. The van der Waals surface area contributed by atoms with Crippen LogP contribution in [0.2, 0.25) is 0 Å². The number of aromatic nitrogens is 3. The average Bonchev–Trinajstić information content (AvgIpc) is 2.83. The molecule has 2 N–H and O–H groups in total. The summed E-state index contributed by atoms with van der Waals surface area (Å²) in [5.41, 5.74) is 6.21. The minimum absolute atomic E-state index is 0.755. The Morgan fingerprint density at radius 2 is 1.88 bits per heavy atom. The van der Waals surface area contributed by atoms with Gasteiger partial charge in [-0.15, -0.1) is 0 Å². The third-order valence-electron chi connectivity index (χ3n) is 5.77. The maximum atomic E-state index is 4.93. The molecule has 1 aromatic carbocycles. The zero-order chi connectivity index (χ0) is 22.3. The first-order valence-electron chi connectivity index (χ1n) is 11.4. The van der Waals surface area contributed by atoms with Crippen LogP contribution in [-0.2, 0) is 0 Å². The molecule has 1 aliphatic heterocycles. The molecule has 1 aliphatic rings. The molecule has 0 fully saturated rings. The van der Waals surface area contributed by atoms with Gasteiger partial charge in [0, 0.05) is 56.4 Å². The molecule has 32 heavy (non-hydrogen) atoms. The van der Waals surface area contributed by atoms with Crippen molar-refractivity contribution >= 4 is 22.5 Å². The van der Waals surface area contributed by atoms with Gasteiger partial charge in [0.1, 0.15) is 5.52 Å². The lowest BCUT2D eigenvalue weighted by Crippen LogP contribution is -2.31. The summed E-state index contributed by atoms with van der Waals surface area (Å²) < 4.78 is 0. The molecule has 0 radical (unpaired) electrons. The SMILES string of the molecule is CCN(CCN(C)C)c1ccc(-c2cc3nccnc3c(NCC3=CCCNC3)n2)cc1. The number of nitrogens with zero attached hydrogens (tertiary/aromatic N) is 5. The Hall–Kier alpha value is -3.03. The molecular weight excluding hydrogens is 398 g/mol. The molecule has 7 nitrogen and oxygen atoms in total. The number of fused-ring (bicyclic) bond motifs is 1. The normalized spacial score (nSPS) is 13.9. The third kappa shape index (κ3) is 5.41. The van der Waals surface area contributed by atoms with Crippen molar-refractivity contribution in [2.75, 3.05) is 63.6 Å². The zero-order valence-corrected chi connectivity index (χ0v) is 19.3. The van der Waals surface area contributed by atoms with Crippen LogP contribution in [-0.4, -0.2) is 73.2 Å². The summed E-state index contributed by atoms with van der Waals surface area (Å²) >= 11 is 0. The second kappa shape index (κ2) is 10.5. The first-order valence-corrected chi connectivity index (χ1v) is 11.4. The van der Waals surface area contributed by atoms with E-state index in [4.69, 9.17) is 4.98 Å². The largest absolute Gasteiger partial charge is 0.371 e. The number of benzene rings is 1. The van der Waals surface area contributed by atoms with Crippen molar-refractivity contribution in [1.82, 2.24) is 25.2 Å². The quantitative estimate of drug-likeness (QED) is 0.503. The molecule has 4 rings (SSSR count). The summed E-state index contributed by atoms with van der Waals surface area (Å²) in [5, 5.41) is 6.92. The molecule has 0 unspecified atom stereocenters. The van der Waals surface area contributed by atoms with Crippen LogP contribution >= 0.6 is 0 Å². The Kier molecular flexibility index (Phi) is 7.29. The minimum Gasteiger partial charge on any atom is -0.371 e. The van der Waals surface area contributed by atoms with Crippen molar-refractivity contribution in [3.8, 4) is 11.3 Å².